The van der Waals surface area contributed by atoms with Crippen molar-refractivity contribution in [1.29, 1.82) is 0 Å². The fourth-order valence-corrected chi connectivity index (χ4v) is 2.00. The van der Waals surface area contributed by atoms with E-state index in [0.29, 0.717) is 10.4 Å². The maximum atomic E-state index is 12.0. The van der Waals surface area contributed by atoms with Crippen LogP contribution in [0.3, 0.4) is 0 Å². The number of hydrogen-bond donors (Lipinski definition) is 1. The second-order valence-corrected chi connectivity index (χ2v) is 5.04. The van der Waals surface area contributed by atoms with Gasteiger partial charge in [0.1, 0.15) is 5.75 Å². The van der Waals surface area contributed by atoms with Crippen LogP contribution in [0, 0.1) is 0 Å². The largest absolute Gasteiger partial charge is 0.496 e. The second kappa shape index (κ2) is 7.59. The zero-order chi connectivity index (χ0) is 16.8. The van der Waals surface area contributed by atoms with Crippen LogP contribution < -0.4 is 10.1 Å². The van der Waals surface area contributed by atoms with E-state index in [4.69, 9.17) is 13.9 Å². The number of carbonyl (C=O) groups excluding carboxylic acids is 3. The van der Waals surface area contributed by atoms with Gasteiger partial charge in [0.05, 0.1) is 12.7 Å². The van der Waals surface area contributed by atoms with E-state index >= 15 is 0 Å². The number of amides is 2. The lowest BCUT2D eigenvalue weighted by Crippen LogP contribution is -2.34. The third-order valence-electron chi connectivity index (χ3n) is 2.71. The number of hydrogen-bond acceptors (Lipinski definition) is 6. The van der Waals surface area contributed by atoms with E-state index in [2.05, 4.69) is 21.2 Å². The number of nitrogens with one attached hydrogen (secondary N) is 1. The second-order valence-electron chi connectivity index (χ2n) is 4.26. The van der Waals surface area contributed by atoms with Gasteiger partial charge in [0.2, 0.25) is 5.76 Å². The summed E-state index contributed by atoms with van der Waals surface area (Å²) in [5.41, 5.74) is 0.199. The Morgan fingerprint density at radius 2 is 1.91 bits per heavy atom. The van der Waals surface area contributed by atoms with E-state index in [1.165, 1.54) is 25.3 Å². The predicted octanol–water partition coefficient (Wildman–Crippen LogP) is 2.16. The summed E-state index contributed by atoms with van der Waals surface area (Å²) in [6.07, 6.45) is 0. The average Bonchev–Trinajstić information content (AvgIpc) is 2.99. The van der Waals surface area contributed by atoms with Crippen LogP contribution >= 0.6 is 15.9 Å². The zero-order valence-corrected chi connectivity index (χ0v) is 13.6. The molecule has 0 unspecified atom stereocenters. The molecule has 120 valence electrons. The summed E-state index contributed by atoms with van der Waals surface area (Å²) in [5.74, 6) is -1.95. The Bertz CT molecular complexity index is 739. The number of para-hydroxylation sites is 1. The van der Waals surface area contributed by atoms with Gasteiger partial charge in [0.15, 0.2) is 11.3 Å². The third kappa shape index (κ3) is 4.43. The van der Waals surface area contributed by atoms with Gasteiger partial charge in [-0.2, -0.15) is 0 Å². The van der Waals surface area contributed by atoms with Crippen molar-refractivity contribution in [2.24, 2.45) is 0 Å². The first-order valence-electron chi connectivity index (χ1n) is 6.41. The lowest BCUT2D eigenvalue weighted by molar-refractivity contribution is -0.123. The van der Waals surface area contributed by atoms with Crippen LogP contribution in [0.2, 0.25) is 0 Å². The average molecular weight is 382 g/mol. The molecule has 0 aliphatic heterocycles. The van der Waals surface area contributed by atoms with Crippen molar-refractivity contribution >= 4 is 33.7 Å². The molecule has 0 aliphatic carbocycles. The molecule has 0 radical (unpaired) electrons. The molecule has 0 bridgehead atoms. The summed E-state index contributed by atoms with van der Waals surface area (Å²) in [6, 6.07) is 9.34. The fourth-order valence-electron chi connectivity index (χ4n) is 1.69. The number of ether oxygens (including phenoxy) is 2. The maximum absolute atomic E-state index is 12.0. The molecular formula is C15H12BrNO6. The topological polar surface area (TPSA) is 94.8 Å². The Kier molecular flexibility index (Phi) is 5.53. The molecule has 2 rings (SSSR count). The van der Waals surface area contributed by atoms with Crippen LogP contribution in [0.5, 0.6) is 5.75 Å². The number of carbonyl (C=O) groups is 3. The van der Waals surface area contributed by atoms with E-state index in [9.17, 15) is 14.4 Å². The molecule has 0 aliphatic rings. The van der Waals surface area contributed by atoms with Crippen molar-refractivity contribution in [3.63, 3.8) is 0 Å². The van der Waals surface area contributed by atoms with Crippen LogP contribution in [-0.2, 0) is 9.53 Å². The first kappa shape index (κ1) is 16.8. The number of furan rings is 1. The minimum atomic E-state index is -0.810. The lowest BCUT2D eigenvalue weighted by Gasteiger charge is -2.08. The summed E-state index contributed by atoms with van der Waals surface area (Å²) in [5, 5.41) is 2.11. The maximum Gasteiger partial charge on any atom is 0.374 e. The molecule has 2 aromatic rings. The molecule has 0 saturated heterocycles. The molecule has 0 atom stereocenters. The standard InChI is InChI=1S/C15H12BrNO6/c1-21-10-5-3-2-4-9(10)14(19)17-13(18)8-22-15(20)11-6-7-12(16)23-11/h2-7H,8H2,1H3,(H,17,18,19). The number of esters is 1. The van der Waals surface area contributed by atoms with Crippen molar-refractivity contribution in [3.8, 4) is 5.75 Å². The number of rotatable bonds is 5. The molecule has 2 amide bonds. The highest BCUT2D eigenvalue weighted by molar-refractivity contribution is 9.10. The van der Waals surface area contributed by atoms with Crippen molar-refractivity contribution in [3.05, 3.63) is 52.4 Å². The summed E-state index contributed by atoms with van der Waals surface area (Å²) in [6.45, 7) is -0.613. The molecule has 7 nitrogen and oxygen atoms in total. The Hall–Kier alpha value is -2.61. The minimum absolute atomic E-state index is 0.0549. The van der Waals surface area contributed by atoms with Gasteiger partial charge in [0, 0.05) is 0 Å². The normalized spacial score (nSPS) is 10.0. The molecule has 0 saturated carbocycles. The smallest absolute Gasteiger partial charge is 0.374 e. The van der Waals surface area contributed by atoms with Gasteiger partial charge in [0.25, 0.3) is 11.8 Å². The van der Waals surface area contributed by atoms with Gasteiger partial charge in [-0.3, -0.25) is 14.9 Å². The van der Waals surface area contributed by atoms with Crippen LogP contribution in [0.1, 0.15) is 20.9 Å². The van der Waals surface area contributed by atoms with Gasteiger partial charge in [-0.15, -0.1) is 0 Å². The highest BCUT2D eigenvalue weighted by Gasteiger charge is 2.17. The van der Waals surface area contributed by atoms with Crippen LogP contribution in [-0.4, -0.2) is 31.5 Å². The van der Waals surface area contributed by atoms with E-state index in [1.807, 2.05) is 0 Å². The van der Waals surface area contributed by atoms with Gasteiger partial charge >= 0.3 is 5.97 Å². The number of imide groups is 1. The van der Waals surface area contributed by atoms with E-state index < -0.39 is 24.4 Å². The van der Waals surface area contributed by atoms with E-state index in [0.717, 1.165) is 0 Å². The number of methoxy groups -OCH3 is 1. The predicted molar refractivity (Wildman–Crippen MR) is 82.2 cm³/mol. The Morgan fingerprint density at radius 1 is 1.17 bits per heavy atom. The van der Waals surface area contributed by atoms with Crippen molar-refractivity contribution in [2.75, 3.05) is 13.7 Å². The SMILES string of the molecule is COc1ccccc1C(=O)NC(=O)COC(=O)c1ccc(Br)o1. The summed E-state index contributed by atoms with van der Waals surface area (Å²) >= 11 is 3.04. The quantitative estimate of drug-likeness (QED) is 0.797. The monoisotopic (exact) mass is 381 g/mol. The summed E-state index contributed by atoms with van der Waals surface area (Å²) in [4.78, 5) is 35.3. The van der Waals surface area contributed by atoms with Gasteiger partial charge in [-0.1, -0.05) is 12.1 Å². The Balaban J connectivity index is 1.89. The van der Waals surface area contributed by atoms with Gasteiger partial charge in [-0.05, 0) is 40.2 Å². The van der Waals surface area contributed by atoms with E-state index in [1.54, 1.807) is 18.2 Å². The minimum Gasteiger partial charge on any atom is -0.496 e. The lowest BCUT2D eigenvalue weighted by atomic mass is 10.2. The summed E-state index contributed by atoms with van der Waals surface area (Å²) in [7, 11) is 1.41. The highest BCUT2D eigenvalue weighted by atomic mass is 79.9. The summed E-state index contributed by atoms with van der Waals surface area (Å²) < 4.78 is 15.1. The van der Waals surface area contributed by atoms with Crippen molar-refractivity contribution in [1.82, 2.24) is 5.32 Å². The molecular weight excluding hydrogens is 370 g/mol. The molecule has 1 heterocycles. The number of benzene rings is 1. The molecule has 0 spiro atoms. The molecule has 8 heteroatoms. The third-order valence-corrected chi connectivity index (χ3v) is 3.14. The molecule has 23 heavy (non-hydrogen) atoms. The molecule has 1 aromatic heterocycles. The van der Waals surface area contributed by atoms with Crippen LogP contribution in [0.15, 0.2) is 45.5 Å². The molecule has 0 fully saturated rings. The number of halogens is 1. The van der Waals surface area contributed by atoms with Crippen LogP contribution in [0.4, 0.5) is 0 Å². The molecule has 1 aromatic carbocycles. The van der Waals surface area contributed by atoms with Gasteiger partial charge < -0.3 is 13.9 Å². The van der Waals surface area contributed by atoms with Crippen molar-refractivity contribution < 1.29 is 28.3 Å². The molecule has 1 N–H and O–H groups in total. The first-order chi connectivity index (χ1) is 11.0. The van der Waals surface area contributed by atoms with E-state index in [-0.39, 0.29) is 11.3 Å². The Morgan fingerprint density at radius 3 is 2.57 bits per heavy atom. The first-order valence-corrected chi connectivity index (χ1v) is 7.20. The zero-order valence-electron chi connectivity index (χ0n) is 12.0. The van der Waals surface area contributed by atoms with Gasteiger partial charge in [-0.25, -0.2) is 4.79 Å². The fraction of sp³-hybridized carbons (Fsp3) is 0.133. The highest BCUT2D eigenvalue weighted by Crippen LogP contribution is 2.17. The van der Waals surface area contributed by atoms with Crippen LogP contribution in [0.25, 0.3) is 0 Å². The Labute approximate surface area is 139 Å². The van der Waals surface area contributed by atoms with Crippen molar-refractivity contribution in [2.45, 2.75) is 0 Å².